The summed E-state index contributed by atoms with van der Waals surface area (Å²) in [7, 11) is 5.52. The number of hydrogen-bond acceptors (Lipinski definition) is 6. The molecule has 0 aromatic heterocycles. The van der Waals surface area contributed by atoms with Gasteiger partial charge in [-0.25, -0.2) is 4.79 Å². The van der Waals surface area contributed by atoms with Crippen LogP contribution < -0.4 is 9.46 Å². The van der Waals surface area contributed by atoms with E-state index in [1.165, 1.54) is 12.7 Å². The van der Waals surface area contributed by atoms with Crippen LogP contribution in [0.15, 0.2) is 53.4 Å². The average molecular weight is 389 g/mol. The Kier molecular flexibility index (Phi) is 9.18. The number of carbonyl (C=O) groups excluding carboxylic acids is 1. The highest BCUT2D eigenvalue weighted by Crippen LogP contribution is 2.19. The van der Waals surface area contributed by atoms with Gasteiger partial charge in [0, 0.05) is 18.0 Å². The third-order valence-electron chi connectivity index (χ3n) is 3.92. The summed E-state index contributed by atoms with van der Waals surface area (Å²) in [5.41, 5.74) is 1.75. The molecule has 0 saturated heterocycles. The van der Waals surface area contributed by atoms with Crippen LogP contribution in [0.2, 0.25) is 0 Å². The van der Waals surface area contributed by atoms with Gasteiger partial charge in [0.2, 0.25) is 0 Å². The number of nitrogens with zero attached hydrogens (tertiary/aromatic N) is 1. The summed E-state index contributed by atoms with van der Waals surface area (Å²) in [6, 6.07) is 15.6. The maximum atomic E-state index is 11.4. The molecule has 0 aliphatic carbocycles. The number of carbonyl (C=O) groups is 1. The number of rotatable bonds is 11. The summed E-state index contributed by atoms with van der Waals surface area (Å²) in [4.78, 5) is 14.7. The molecule has 27 heavy (non-hydrogen) atoms. The second kappa shape index (κ2) is 11.6. The van der Waals surface area contributed by atoms with Crippen molar-refractivity contribution < 1.29 is 14.3 Å². The van der Waals surface area contributed by atoms with Crippen LogP contribution in [0.1, 0.15) is 22.3 Å². The van der Waals surface area contributed by atoms with Crippen LogP contribution in [0.4, 0.5) is 0 Å². The molecule has 146 valence electrons. The lowest BCUT2D eigenvalue weighted by atomic mass is 10.1. The second-order valence-corrected chi connectivity index (χ2v) is 7.38. The number of hydrogen-bond donors (Lipinski definition) is 1. The van der Waals surface area contributed by atoms with Crippen LogP contribution in [-0.2, 0) is 11.2 Å². The molecular formula is C21H28N2O3S. The molecule has 6 heteroatoms. The largest absolute Gasteiger partial charge is 0.494 e. The molecule has 5 nitrogen and oxygen atoms in total. The van der Waals surface area contributed by atoms with Gasteiger partial charge in [-0.05, 0) is 80.8 Å². The second-order valence-electron chi connectivity index (χ2n) is 6.41. The highest BCUT2D eigenvalue weighted by Gasteiger charge is 2.04. The predicted octanol–water partition coefficient (Wildman–Crippen LogP) is 3.64. The Morgan fingerprint density at radius 3 is 2.41 bits per heavy atom. The summed E-state index contributed by atoms with van der Waals surface area (Å²) in [5, 5.41) is 0. The molecule has 0 aliphatic rings. The van der Waals surface area contributed by atoms with Crippen LogP contribution in [0, 0.1) is 0 Å². The minimum absolute atomic E-state index is 0.305. The minimum atomic E-state index is -0.305. The molecule has 0 bridgehead atoms. The van der Waals surface area contributed by atoms with E-state index in [4.69, 9.17) is 9.47 Å². The predicted molar refractivity (Wildman–Crippen MR) is 110 cm³/mol. The van der Waals surface area contributed by atoms with Gasteiger partial charge in [-0.3, -0.25) is 4.72 Å². The topological polar surface area (TPSA) is 50.8 Å². The van der Waals surface area contributed by atoms with Crippen LogP contribution in [0.5, 0.6) is 5.75 Å². The maximum Gasteiger partial charge on any atom is 0.337 e. The molecule has 0 aliphatic heterocycles. The highest BCUT2D eigenvalue weighted by molar-refractivity contribution is 7.97. The average Bonchev–Trinajstić information content (AvgIpc) is 2.69. The summed E-state index contributed by atoms with van der Waals surface area (Å²) >= 11 is 1.61. The van der Waals surface area contributed by atoms with Crippen molar-refractivity contribution in [1.29, 1.82) is 0 Å². The van der Waals surface area contributed by atoms with Crippen molar-refractivity contribution in [2.75, 3.05) is 40.9 Å². The third-order valence-corrected chi connectivity index (χ3v) is 4.78. The zero-order chi connectivity index (χ0) is 19.5. The van der Waals surface area contributed by atoms with Crippen molar-refractivity contribution in [3.8, 4) is 5.75 Å². The Bertz CT molecular complexity index is 688. The van der Waals surface area contributed by atoms with Crippen molar-refractivity contribution in [3.05, 3.63) is 59.7 Å². The first-order valence-electron chi connectivity index (χ1n) is 9.03. The zero-order valence-electron chi connectivity index (χ0n) is 16.2. The van der Waals surface area contributed by atoms with Crippen LogP contribution >= 0.6 is 11.9 Å². The molecule has 2 rings (SSSR count). The van der Waals surface area contributed by atoms with Gasteiger partial charge >= 0.3 is 5.97 Å². The quantitative estimate of drug-likeness (QED) is 0.360. The third kappa shape index (κ3) is 8.03. The van der Waals surface area contributed by atoms with E-state index in [0.717, 1.165) is 43.2 Å². The van der Waals surface area contributed by atoms with Gasteiger partial charge < -0.3 is 14.4 Å². The summed E-state index contributed by atoms with van der Waals surface area (Å²) in [6.07, 6.45) is 1.91. The summed E-state index contributed by atoms with van der Waals surface area (Å²) in [5.74, 6) is 0.601. The summed E-state index contributed by atoms with van der Waals surface area (Å²) in [6.45, 7) is 2.60. The SMILES string of the molecule is COC(=O)c1ccc(CCNSc2ccc(OCCCN(C)C)cc2)cc1. The zero-order valence-corrected chi connectivity index (χ0v) is 17.1. The number of benzene rings is 2. The van der Waals surface area contributed by atoms with Gasteiger partial charge in [-0.2, -0.15) is 0 Å². The van der Waals surface area contributed by atoms with Crippen LogP contribution in [0.3, 0.4) is 0 Å². The Morgan fingerprint density at radius 1 is 1.07 bits per heavy atom. The number of nitrogens with one attached hydrogen (secondary N) is 1. The lowest BCUT2D eigenvalue weighted by molar-refractivity contribution is 0.0600. The Hall–Kier alpha value is -2.02. The van der Waals surface area contributed by atoms with Crippen molar-refractivity contribution >= 4 is 17.9 Å². The molecule has 2 aromatic rings. The van der Waals surface area contributed by atoms with Gasteiger partial charge in [0.25, 0.3) is 0 Å². The first-order chi connectivity index (χ1) is 13.1. The smallest absolute Gasteiger partial charge is 0.337 e. The fraction of sp³-hybridized carbons (Fsp3) is 0.381. The van der Waals surface area contributed by atoms with E-state index in [-0.39, 0.29) is 5.97 Å². The Labute approximate surface area is 166 Å². The first-order valence-corrected chi connectivity index (χ1v) is 9.84. The van der Waals surface area contributed by atoms with E-state index in [9.17, 15) is 4.79 Å². The van der Waals surface area contributed by atoms with Crippen molar-refractivity contribution in [3.63, 3.8) is 0 Å². The van der Waals surface area contributed by atoms with Crippen LogP contribution in [0.25, 0.3) is 0 Å². The molecule has 2 aromatic carbocycles. The van der Waals surface area contributed by atoms with Crippen molar-refractivity contribution in [2.45, 2.75) is 17.7 Å². The minimum Gasteiger partial charge on any atom is -0.494 e. The lowest BCUT2D eigenvalue weighted by Crippen LogP contribution is -2.15. The van der Waals surface area contributed by atoms with Gasteiger partial charge in [0.1, 0.15) is 5.75 Å². The molecular weight excluding hydrogens is 360 g/mol. The molecule has 0 fully saturated rings. The maximum absolute atomic E-state index is 11.4. The standard InChI is InChI=1S/C21H28N2O3S/c1-23(2)15-4-16-26-19-9-11-20(12-10-19)27-22-14-13-17-5-7-18(8-6-17)21(24)25-3/h5-12,22H,4,13-16H2,1-3H3. The normalized spacial score (nSPS) is 10.8. The van der Waals surface area contributed by atoms with Gasteiger partial charge in [0.05, 0.1) is 19.3 Å². The summed E-state index contributed by atoms with van der Waals surface area (Å²) < 4.78 is 13.8. The molecule has 0 radical (unpaired) electrons. The van der Waals surface area contributed by atoms with Crippen molar-refractivity contribution in [1.82, 2.24) is 9.62 Å². The fourth-order valence-electron chi connectivity index (χ4n) is 2.43. The van der Waals surface area contributed by atoms with Gasteiger partial charge in [0.15, 0.2) is 0 Å². The first kappa shape index (κ1) is 21.3. The number of ether oxygens (including phenoxy) is 2. The number of methoxy groups -OCH3 is 1. The Balaban J connectivity index is 1.66. The van der Waals surface area contributed by atoms with E-state index >= 15 is 0 Å². The molecule has 0 heterocycles. The molecule has 0 saturated carbocycles. The monoisotopic (exact) mass is 388 g/mol. The molecule has 0 spiro atoms. The fourth-order valence-corrected chi connectivity index (χ4v) is 3.07. The van der Waals surface area contributed by atoms with E-state index in [1.807, 2.05) is 24.3 Å². The van der Waals surface area contributed by atoms with E-state index in [1.54, 1.807) is 24.1 Å². The molecule has 0 amide bonds. The lowest BCUT2D eigenvalue weighted by Gasteiger charge is -2.10. The van der Waals surface area contributed by atoms with E-state index in [2.05, 4.69) is 35.9 Å². The van der Waals surface area contributed by atoms with Gasteiger partial charge in [-0.1, -0.05) is 12.1 Å². The van der Waals surface area contributed by atoms with Crippen molar-refractivity contribution in [2.24, 2.45) is 0 Å². The Morgan fingerprint density at radius 2 is 1.78 bits per heavy atom. The molecule has 0 atom stereocenters. The van der Waals surface area contributed by atoms with E-state index in [0.29, 0.717) is 5.56 Å². The van der Waals surface area contributed by atoms with E-state index < -0.39 is 0 Å². The molecule has 0 unspecified atom stereocenters. The van der Waals surface area contributed by atoms with Gasteiger partial charge in [-0.15, -0.1) is 0 Å². The number of esters is 1. The van der Waals surface area contributed by atoms with Crippen LogP contribution in [-0.4, -0.2) is 51.8 Å². The molecule has 1 N–H and O–H groups in total. The highest BCUT2D eigenvalue weighted by atomic mass is 32.2.